The molecule has 0 aliphatic carbocycles. The van der Waals surface area contributed by atoms with Gasteiger partial charge in [0.1, 0.15) is 0 Å². The molecule has 1 heterocycles. The predicted molar refractivity (Wildman–Crippen MR) is 114 cm³/mol. The number of benzene rings is 2. The van der Waals surface area contributed by atoms with Crippen LogP contribution in [0.15, 0.2) is 53.4 Å². The lowest BCUT2D eigenvalue weighted by molar-refractivity contribution is -0.122. The quantitative estimate of drug-likeness (QED) is 0.665. The zero-order chi connectivity index (χ0) is 20.9. The van der Waals surface area contributed by atoms with Crippen LogP contribution in [-0.4, -0.2) is 44.9 Å². The molecule has 1 fully saturated rings. The molecule has 156 valence electrons. The van der Waals surface area contributed by atoms with Crippen LogP contribution in [0.3, 0.4) is 0 Å². The zero-order valence-corrected chi connectivity index (χ0v) is 17.8. The summed E-state index contributed by atoms with van der Waals surface area (Å²) < 4.78 is 22.6. The first-order chi connectivity index (χ1) is 13.8. The van der Waals surface area contributed by atoms with Gasteiger partial charge in [0.05, 0.1) is 11.4 Å². The summed E-state index contributed by atoms with van der Waals surface area (Å²) in [6, 6.07) is 14.6. The number of rotatable bonds is 8. The maximum Gasteiger partial charge on any atom is 0.238 e. The predicted octanol–water partition coefficient (Wildman–Crippen LogP) is 2.35. The minimum atomic E-state index is -3.68. The van der Waals surface area contributed by atoms with E-state index in [1.807, 2.05) is 24.3 Å². The molecule has 1 saturated heterocycles. The third-order valence-corrected chi connectivity index (χ3v) is 6.54. The van der Waals surface area contributed by atoms with Crippen molar-refractivity contribution in [3.05, 3.63) is 64.7 Å². The van der Waals surface area contributed by atoms with E-state index in [9.17, 15) is 13.2 Å². The summed E-state index contributed by atoms with van der Waals surface area (Å²) in [5.41, 5.74) is 2.06. The van der Waals surface area contributed by atoms with Crippen molar-refractivity contribution in [2.75, 3.05) is 19.6 Å². The van der Waals surface area contributed by atoms with Crippen LogP contribution in [0.1, 0.15) is 24.0 Å². The lowest BCUT2D eigenvalue weighted by Crippen LogP contribution is -2.41. The second-order valence-electron chi connectivity index (χ2n) is 7.35. The molecular weight excluding hydrogens is 410 g/mol. The number of hydrogen-bond acceptors (Lipinski definition) is 4. The summed E-state index contributed by atoms with van der Waals surface area (Å²) in [6.07, 6.45) is 3.62. The summed E-state index contributed by atoms with van der Waals surface area (Å²) in [5.74, 6) is -0.00258. The van der Waals surface area contributed by atoms with Crippen molar-refractivity contribution in [1.29, 1.82) is 0 Å². The fraction of sp³-hybridized carbons (Fsp3) is 0.381. The Morgan fingerprint density at radius 2 is 1.90 bits per heavy atom. The average Bonchev–Trinajstić information content (AvgIpc) is 3.10. The summed E-state index contributed by atoms with van der Waals surface area (Å²) in [5, 5.41) is 8.82. The molecule has 1 unspecified atom stereocenters. The lowest BCUT2D eigenvalue weighted by Gasteiger charge is -2.24. The van der Waals surface area contributed by atoms with Crippen LogP contribution in [0.25, 0.3) is 0 Å². The number of nitrogens with two attached hydrogens (primary N) is 1. The first-order valence-electron chi connectivity index (χ1n) is 9.69. The Bertz CT molecular complexity index is 948. The molecular formula is C21H26ClN3O3S. The molecule has 1 amide bonds. The number of sulfonamides is 1. The number of amides is 1. The first-order valence-corrected chi connectivity index (χ1v) is 11.6. The molecule has 8 heteroatoms. The highest BCUT2D eigenvalue weighted by molar-refractivity contribution is 7.89. The Morgan fingerprint density at radius 3 is 2.59 bits per heavy atom. The average molecular weight is 436 g/mol. The van der Waals surface area contributed by atoms with E-state index >= 15 is 0 Å². The highest BCUT2D eigenvalue weighted by atomic mass is 35.5. The van der Waals surface area contributed by atoms with Gasteiger partial charge in [-0.05, 0) is 61.6 Å². The monoisotopic (exact) mass is 435 g/mol. The number of likely N-dealkylation sites (tertiary alicyclic amines) is 1. The summed E-state index contributed by atoms with van der Waals surface area (Å²) in [6.45, 7) is 1.79. The number of halogens is 1. The van der Waals surface area contributed by atoms with Crippen molar-refractivity contribution in [2.45, 2.75) is 36.6 Å². The molecule has 2 aromatic rings. The molecule has 1 atom stereocenters. The van der Waals surface area contributed by atoms with Gasteiger partial charge in [-0.2, -0.15) is 0 Å². The minimum Gasteiger partial charge on any atom is -0.355 e. The standard InChI is InChI=1S/C21H26ClN3O3S/c22-20-6-2-1-4-17(20)14-18-5-3-13-25(18)15-21(26)24-12-11-16-7-9-19(10-8-16)29(23,27)28/h1-2,4,6-10,18H,3,5,11-15H2,(H,24,26)(H2,23,27,28). The van der Waals surface area contributed by atoms with Crippen molar-refractivity contribution in [2.24, 2.45) is 5.14 Å². The summed E-state index contributed by atoms with van der Waals surface area (Å²) in [4.78, 5) is 14.7. The molecule has 3 rings (SSSR count). The number of primary sulfonamides is 1. The van der Waals surface area contributed by atoms with Gasteiger partial charge in [-0.1, -0.05) is 41.9 Å². The van der Waals surface area contributed by atoms with Gasteiger partial charge in [-0.3, -0.25) is 9.69 Å². The number of carbonyl (C=O) groups excluding carboxylic acids is 1. The highest BCUT2D eigenvalue weighted by Crippen LogP contribution is 2.24. The Kier molecular flexibility index (Phi) is 7.29. The molecule has 0 radical (unpaired) electrons. The molecule has 0 aromatic heterocycles. The lowest BCUT2D eigenvalue weighted by atomic mass is 10.0. The summed E-state index contributed by atoms with van der Waals surface area (Å²) in [7, 11) is -3.68. The van der Waals surface area contributed by atoms with Crippen LogP contribution in [0.2, 0.25) is 5.02 Å². The molecule has 1 aliphatic heterocycles. The van der Waals surface area contributed by atoms with Crippen molar-refractivity contribution in [3.8, 4) is 0 Å². The van der Waals surface area contributed by atoms with E-state index in [2.05, 4.69) is 10.2 Å². The van der Waals surface area contributed by atoms with Crippen LogP contribution in [0.4, 0.5) is 0 Å². The number of carbonyl (C=O) groups is 1. The topological polar surface area (TPSA) is 92.5 Å². The maximum atomic E-state index is 12.4. The van der Waals surface area contributed by atoms with E-state index in [4.69, 9.17) is 16.7 Å². The van der Waals surface area contributed by atoms with E-state index in [-0.39, 0.29) is 10.8 Å². The Labute approximate surface area is 177 Å². The van der Waals surface area contributed by atoms with Gasteiger partial charge in [0.25, 0.3) is 0 Å². The van der Waals surface area contributed by atoms with Gasteiger partial charge in [0.15, 0.2) is 0 Å². The molecule has 6 nitrogen and oxygen atoms in total. The normalized spacial score (nSPS) is 17.4. The maximum absolute atomic E-state index is 12.4. The van der Waals surface area contributed by atoms with Crippen molar-refractivity contribution >= 4 is 27.5 Å². The van der Waals surface area contributed by atoms with Gasteiger partial charge in [0, 0.05) is 17.6 Å². The number of nitrogens with one attached hydrogen (secondary N) is 1. The molecule has 1 aliphatic rings. The van der Waals surface area contributed by atoms with E-state index in [0.717, 1.165) is 42.0 Å². The molecule has 2 aromatic carbocycles. The fourth-order valence-electron chi connectivity index (χ4n) is 3.68. The Hall–Kier alpha value is -1.93. The molecule has 0 bridgehead atoms. The minimum absolute atomic E-state index is 0.00258. The third-order valence-electron chi connectivity index (χ3n) is 5.25. The molecule has 0 spiro atoms. The molecule has 0 saturated carbocycles. The van der Waals surface area contributed by atoms with E-state index in [1.54, 1.807) is 12.1 Å². The largest absolute Gasteiger partial charge is 0.355 e. The molecule has 29 heavy (non-hydrogen) atoms. The molecule has 3 N–H and O–H groups in total. The van der Waals surface area contributed by atoms with E-state index < -0.39 is 10.0 Å². The SMILES string of the molecule is NS(=O)(=O)c1ccc(CCNC(=O)CN2CCCC2Cc2ccccc2Cl)cc1. The smallest absolute Gasteiger partial charge is 0.238 e. The van der Waals surface area contributed by atoms with Crippen molar-refractivity contribution in [3.63, 3.8) is 0 Å². The van der Waals surface area contributed by atoms with Gasteiger partial charge in [-0.15, -0.1) is 0 Å². The van der Waals surface area contributed by atoms with Crippen LogP contribution in [-0.2, 0) is 27.7 Å². The van der Waals surface area contributed by atoms with Crippen LogP contribution in [0.5, 0.6) is 0 Å². The van der Waals surface area contributed by atoms with Crippen LogP contribution < -0.4 is 10.5 Å². The third kappa shape index (κ3) is 6.27. The number of nitrogens with zero attached hydrogens (tertiary/aromatic N) is 1. The second kappa shape index (κ2) is 9.71. The van der Waals surface area contributed by atoms with Gasteiger partial charge >= 0.3 is 0 Å². The van der Waals surface area contributed by atoms with Gasteiger partial charge in [0.2, 0.25) is 15.9 Å². The van der Waals surface area contributed by atoms with Gasteiger partial charge in [-0.25, -0.2) is 13.6 Å². The highest BCUT2D eigenvalue weighted by Gasteiger charge is 2.26. The second-order valence-corrected chi connectivity index (χ2v) is 9.32. The number of hydrogen-bond donors (Lipinski definition) is 2. The van der Waals surface area contributed by atoms with E-state index in [1.165, 1.54) is 12.1 Å². The van der Waals surface area contributed by atoms with E-state index in [0.29, 0.717) is 25.6 Å². The van der Waals surface area contributed by atoms with Crippen LogP contribution >= 0.6 is 11.6 Å². The Balaban J connectivity index is 1.46. The van der Waals surface area contributed by atoms with Crippen molar-refractivity contribution in [1.82, 2.24) is 10.2 Å². The van der Waals surface area contributed by atoms with Crippen LogP contribution in [0, 0.1) is 0 Å². The summed E-state index contributed by atoms with van der Waals surface area (Å²) >= 11 is 6.28. The van der Waals surface area contributed by atoms with Gasteiger partial charge < -0.3 is 5.32 Å². The zero-order valence-electron chi connectivity index (χ0n) is 16.2. The first kappa shape index (κ1) is 21.8. The van der Waals surface area contributed by atoms with Crippen molar-refractivity contribution < 1.29 is 13.2 Å². The fourth-order valence-corrected chi connectivity index (χ4v) is 4.41. The Morgan fingerprint density at radius 1 is 1.17 bits per heavy atom.